The number of anilines is 1. The van der Waals surface area contributed by atoms with Crippen molar-refractivity contribution in [1.29, 1.82) is 0 Å². The van der Waals surface area contributed by atoms with Gasteiger partial charge in [-0.05, 0) is 69.0 Å². The fourth-order valence-corrected chi connectivity index (χ4v) is 3.80. The van der Waals surface area contributed by atoms with E-state index in [0.717, 1.165) is 31.1 Å². The SMILES string of the molecule is COC1(C(=O)Nc2ccc(OCC3CCCCC3)cc2)CCNCC1.Cl. The molecule has 6 heteroatoms. The van der Waals surface area contributed by atoms with Gasteiger partial charge in [0.05, 0.1) is 6.61 Å². The highest BCUT2D eigenvalue weighted by atomic mass is 35.5. The van der Waals surface area contributed by atoms with Crippen LogP contribution in [0.15, 0.2) is 24.3 Å². The van der Waals surface area contributed by atoms with E-state index in [9.17, 15) is 4.79 Å². The van der Waals surface area contributed by atoms with Crippen LogP contribution in [-0.4, -0.2) is 38.3 Å². The average molecular weight is 383 g/mol. The molecule has 0 aromatic heterocycles. The highest BCUT2D eigenvalue weighted by molar-refractivity contribution is 5.97. The molecule has 1 amide bonds. The maximum atomic E-state index is 12.6. The summed E-state index contributed by atoms with van der Waals surface area (Å²) in [5, 5.41) is 6.25. The summed E-state index contributed by atoms with van der Waals surface area (Å²) < 4.78 is 11.5. The smallest absolute Gasteiger partial charge is 0.256 e. The number of methoxy groups -OCH3 is 1. The molecule has 1 saturated heterocycles. The van der Waals surface area contributed by atoms with E-state index in [1.165, 1.54) is 32.1 Å². The Morgan fingerprint density at radius 1 is 1.15 bits per heavy atom. The summed E-state index contributed by atoms with van der Waals surface area (Å²) in [4.78, 5) is 12.6. The molecule has 1 saturated carbocycles. The van der Waals surface area contributed by atoms with Gasteiger partial charge < -0.3 is 20.1 Å². The first kappa shape index (κ1) is 21.0. The second kappa shape index (κ2) is 10.1. The molecule has 1 aromatic rings. The lowest BCUT2D eigenvalue weighted by atomic mass is 9.90. The Balaban J connectivity index is 0.00000243. The molecule has 26 heavy (non-hydrogen) atoms. The minimum atomic E-state index is -0.721. The number of hydrogen-bond acceptors (Lipinski definition) is 4. The first-order valence-corrected chi connectivity index (χ1v) is 9.52. The number of ether oxygens (including phenoxy) is 2. The van der Waals surface area contributed by atoms with E-state index < -0.39 is 5.60 Å². The van der Waals surface area contributed by atoms with Crippen LogP contribution in [0.4, 0.5) is 5.69 Å². The van der Waals surface area contributed by atoms with Crippen molar-refractivity contribution < 1.29 is 14.3 Å². The van der Waals surface area contributed by atoms with E-state index in [0.29, 0.717) is 18.8 Å². The van der Waals surface area contributed by atoms with Gasteiger partial charge in [-0.1, -0.05) is 19.3 Å². The van der Waals surface area contributed by atoms with Gasteiger partial charge in [0.25, 0.3) is 5.91 Å². The normalized spacial score (nSPS) is 20.0. The second-order valence-corrected chi connectivity index (χ2v) is 7.24. The number of amides is 1. The van der Waals surface area contributed by atoms with Gasteiger partial charge in [-0.3, -0.25) is 4.79 Å². The van der Waals surface area contributed by atoms with Crippen LogP contribution in [0.2, 0.25) is 0 Å². The molecule has 146 valence electrons. The van der Waals surface area contributed by atoms with Crippen LogP contribution in [0.25, 0.3) is 0 Å². The summed E-state index contributed by atoms with van der Waals surface area (Å²) >= 11 is 0. The van der Waals surface area contributed by atoms with E-state index in [1.54, 1.807) is 7.11 Å². The molecule has 0 radical (unpaired) electrons. The molecule has 1 aromatic carbocycles. The number of carbonyl (C=O) groups is 1. The summed E-state index contributed by atoms with van der Waals surface area (Å²) in [5.41, 5.74) is 0.0616. The molecule has 1 heterocycles. The largest absolute Gasteiger partial charge is 0.493 e. The molecule has 1 aliphatic carbocycles. The van der Waals surface area contributed by atoms with Crippen LogP contribution in [0, 0.1) is 5.92 Å². The van der Waals surface area contributed by atoms with Crippen LogP contribution in [0.1, 0.15) is 44.9 Å². The number of rotatable bonds is 6. The lowest BCUT2D eigenvalue weighted by Gasteiger charge is -2.34. The standard InChI is InChI=1S/C20H30N2O3.ClH/c1-24-20(11-13-21-14-12-20)19(23)22-17-7-9-18(10-8-17)25-15-16-5-3-2-4-6-16;/h7-10,16,21H,2-6,11-15H2,1H3,(H,22,23);1H. The lowest BCUT2D eigenvalue weighted by Crippen LogP contribution is -2.51. The minimum Gasteiger partial charge on any atom is -0.493 e. The van der Waals surface area contributed by atoms with E-state index in [2.05, 4.69) is 10.6 Å². The number of halogens is 1. The van der Waals surface area contributed by atoms with Crippen molar-refractivity contribution in [2.24, 2.45) is 5.92 Å². The van der Waals surface area contributed by atoms with E-state index in [1.807, 2.05) is 24.3 Å². The Morgan fingerprint density at radius 2 is 1.81 bits per heavy atom. The molecular weight excluding hydrogens is 352 g/mol. The minimum absolute atomic E-state index is 0. The molecular formula is C20H31ClN2O3. The highest BCUT2D eigenvalue weighted by Gasteiger charge is 2.39. The number of benzene rings is 1. The Morgan fingerprint density at radius 3 is 2.42 bits per heavy atom. The Bertz CT molecular complexity index is 553. The summed E-state index contributed by atoms with van der Waals surface area (Å²) in [6.45, 7) is 2.40. The van der Waals surface area contributed by atoms with Crippen molar-refractivity contribution in [2.75, 3.05) is 32.1 Å². The van der Waals surface area contributed by atoms with Crippen molar-refractivity contribution in [3.05, 3.63) is 24.3 Å². The van der Waals surface area contributed by atoms with Gasteiger partial charge in [0.1, 0.15) is 11.4 Å². The molecule has 0 atom stereocenters. The zero-order chi connectivity index (χ0) is 17.5. The van der Waals surface area contributed by atoms with Crippen molar-refractivity contribution in [1.82, 2.24) is 5.32 Å². The number of hydrogen-bond donors (Lipinski definition) is 2. The third kappa shape index (κ3) is 5.35. The topological polar surface area (TPSA) is 59.6 Å². The first-order chi connectivity index (χ1) is 12.2. The average Bonchev–Trinajstić information content (AvgIpc) is 2.68. The molecule has 2 fully saturated rings. The quantitative estimate of drug-likeness (QED) is 0.786. The van der Waals surface area contributed by atoms with Crippen LogP contribution in [0.3, 0.4) is 0 Å². The summed E-state index contributed by atoms with van der Waals surface area (Å²) in [6.07, 6.45) is 7.97. The van der Waals surface area contributed by atoms with Gasteiger partial charge >= 0.3 is 0 Å². The summed E-state index contributed by atoms with van der Waals surface area (Å²) in [5.74, 6) is 1.49. The molecule has 5 nitrogen and oxygen atoms in total. The van der Waals surface area contributed by atoms with Crippen LogP contribution < -0.4 is 15.4 Å². The number of carbonyl (C=O) groups excluding carboxylic acids is 1. The maximum absolute atomic E-state index is 12.6. The maximum Gasteiger partial charge on any atom is 0.256 e. The van der Waals surface area contributed by atoms with Crippen molar-refractivity contribution in [3.8, 4) is 5.75 Å². The Kier molecular flexibility index (Phi) is 8.19. The van der Waals surface area contributed by atoms with Gasteiger partial charge in [0.15, 0.2) is 0 Å². The third-order valence-corrected chi connectivity index (χ3v) is 5.54. The van der Waals surface area contributed by atoms with Crippen molar-refractivity contribution in [3.63, 3.8) is 0 Å². The van der Waals surface area contributed by atoms with Gasteiger partial charge in [0.2, 0.25) is 0 Å². The molecule has 3 rings (SSSR count). The lowest BCUT2D eigenvalue weighted by molar-refractivity contribution is -0.140. The summed E-state index contributed by atoms with van der Waals surface area (Å²) in [6, 6.07) is 7.66. The molecule has 0 unspecified atom stereocenters. The zero-order valence-electron chi connectivity index (χ0n) is 15.6. The van der Waals surface area contributed by atoms with Crippen LogP contribution in [-0.2, 0) is 9.53 Å². The van der Waals surface area contributed by atoms with Gasteiger partial charge in [-0.15, -0.1) is 12.4 Å². The molecule has 1 aliphatic heterocycles. The van der Waals surface area contributed by atoms with Gasteiger partial charge in [0, 0.05) is 12.8 Å². The van der Waals surface area contributed by atoms with Gasteiger partial charge in [-0.25, -0.2) is 0 Å². The van der Waals surface area contributed by atoms with Crippen molar-refractivity contribution >= 4 is 24.0 Å². The Labute approximate surface area is 162 Å². The number of piperidine rings is 1. The van der Waals surface area contributed by atoms with Crippen LogP contribution in [0.5, 0.6) is 5.75 Å². The zero-order valence-corrected chi connectivity index (χ0v) is 16.4. The monoisotopic (exact) mass is 382 g/mol. The van der Waals surface area contributed by atoms with Crippen LogP contribution >= 0.6 is 12.4 Å². The van der Waals surface area contributed by atoms with E-state index in [4.69, 9.17) is 9.47 Å². The molecule has 2 aliphatic rings. The fourth-order valence-electron chi connectivity index (χ4n) is 3.80. The molecule has 2 N–H and O–H groups in total. The first-order valence-electron chi connectivity index (χ1n) is 9.52. The highest BCUT2D eigenvalue weighted by Crippen LogP contribution is 2.27. The van der Waals surface area contributed by atoms with E-state index in [-0.39, 0.29) is 18.3 Å². The summed E-state index contributed by atoms with van der Waals surface area (Å²) in [7, 11) is 1.62. The number of nitrogens with one attached hydrogen (secondary N) is 2. The molecule has 0 spiro atoms. The van der Waals surface area contributed by atoms with Gasteiger partial charge in [-0.2, -0.15) is 0 Å². The predicted molar refractivity (Wildman–Crippen MR) is 106 cm³/mol. The third-order valence-electron chi connectivity index (χ3n) is 5.54. The van der Waals surface area contributed by atoms with Crippen molar-refractivity contribution in [2.45, 2.75) is 50.5 Å². The predicted octanol–water partition coefficient (Wildman–Crippen LogP) is 3.77. The fraction of sp³-hybridized carbons (Fsp3) is 0.650. The van der Waals surface area contributed by atoms with E-state index >= 15 is 0 Å². The second-order valence-electron chi connectivity index (χ2n) is 7.24. The Hall–Kier alpha value is -1.30. The molecule has 0 bridgehead atoms.